The Kier molecular flexibility index (Phi) is 7.38. The summed E-state index contributed by atoms with van der Waals surface area (Å²) in [5.41, 5.74) is -0.488. The molecule has 0 spiro atoms. The predicted octanol–water partition coefficient (Wildman–Crippen LogP) is 3.81. The van der Waals surface area contributed by atoms with Gasteiger partial charge in [0.2, 0.25) is 0 Å². The summed E-state index contributed by atoms with van der Waals surface area (Å²) in [6, 6.07) is 6.06. The maximum absolute atomic E-state index is 12.7. The van der Waals surface area contributed by atoms with Gasteiger partial charge >= 0.3 is 13.2 Å². The maximum Gasteiger partial charge on any atom is 0.387 e. The van der Waals surface area contributed by atoms with E-state index in [1.807, 2.05) is 4.83 Å². The molecule has 2 rings (SSSR count). The quantitative estimate of drug-likeness (QED) is 0.260. The van der Waals surface area contributed by atoms with Crippen LogP contribution in [0.5, 0.6) is 11.5 Å². The second-order valence-electron chi connectivity index (χ2n) is 5.91. The fourth-order valence-electron chi connectivity index (χ4n) is 2.37. The molecule has 9 nitrogen and oxygen atoms in total. The minimum Gasteiger partial charge on any atom is -0.435 e. The number of nitrogens with one attached hydrogen (secondary N) is 1. The highest BCUT2D eigenvalue weighted by atomic mass is 32.2. The van der Waals surface area contributed by atoms with E-state index in [1.165, 1.54) is 19.9 Å². The molecule has 0 aliphatic rings. The van der Waals surface area contributed by atoms with E-state index in [9.17, 15) is 36.1 Å². The summed E-state index contributed by atoms with van der Waals surface area (Å²) in [4.78, 5) is 11.6. The van der Waals surface area contributed by atoms with Gasteiger partial charge in [-0.3, -0.25) is 10.1 Å². The van der Waals surface area contributed by atoms with Gasteiger partial charge in [0.05, 0.1) is 15.5 Å². The molecule has 0 aliphatic carbocycles. The van der Waals surface area contributed by atoms with Crippen LogP contribution < -0.4 is 14.3 Å². The lowest BCUT2D eigenvalue weighted by atomic mass is 10.1. The van der Waals surface area contributed by atoms with Crippen LogP contribution in [0.3, 0.4) is 0 Å². The lowest BCUT2D eigenvalue weighted by Gasteiger charge is -2.13. The molecular weight excluding hydrogens is 450 g/mol. The number of nitro groups is 1. The van der Waals surface area contributed by atoms with Crippen LogP contribution >= 0.6 is 0 Å². The molecule has 0 atom stereocenters. The Morgan fingerprint density at radius 1 is 1.10 bits per heavy atom. The van der Waals surface area contributed by atoms with Gasteiger partial charge in [0, 0.05) is 23.3 Å². The first kappa shape index (κ1) is 23.9. The summed E-state index contributed by atoms with van der Waals surface area (Å²) in [5, 5.41) is 14.6. The molecule has 0 aliphatic heterocycles. The van der Waals surface area contributed by atoms with Gasteiger partial charge in [0.25, 0.3) is 15.7 Å². The molecule has 0 heterocycles. The van der Waals surface area contributed by atoms with E-state index in [1.54, 1.807) is 0 Å². The number of benzene rings is 2. The number of ether oxygens (including phenoxy) is 2. The number of hydrazone groups is 1. The fourth-order valence-corrected chi connectivity index (χ4v) is 3.24. The summed E-state index contributed by atoms with van der Waals surface area (Å²) in [6.07, 6.45) is 0. The Balaban J connectivity index is 2.36. The van der Waals surface area contributed by atoms with Gasteiger partial charge in [-0.1, -0.05) is 6.07 Å². The summed E-state index contributed by atoms with van der Waals surface area (Å²) in [5.74, 6) is -1.05. The lowest BCUT2D eigenvalue weighted by molar-refractivity contribution is -0.385. The molecule has 1 N–H and O–H groups in total. The van der Waals surface area contributed by atoms with Gasteiger partial charge < -0.3 is 9.47 Å². The molecule has 2 aromatic carbocycles. The van der Waals surface area contributed by atoms with Crippen LogP contribution in [-0.4, -0.2) is 32.3 Å². The first-order valence-corrected chi connectivity index (χ1v) is 9.74. The third-order valence-corrected chi connectivity index (χ3v) is 5.01. The van der Waals surface area contributed by atoms with Gasteiger partial charge in [-0.05, 0) is 32.0 Å². The van der Waals surface area contributed by atoms with Gasteiger partial charge in [0.1, 0.15) is 11.5 Å². The molecule has 0 radical (unpaired) electrons. The number of sulfonamides is 1. The second kappa shape index (κ2) is 9.59. The summed E-state index contributed by atoms with van der Waals surface area (Å²) < 4.78 is 83.2. The van der Waals surface area contributed by atoms with Crippen molar-refractivity contribution in [2.75, 3.05) is 0 Å². The van der Waals surface area contributed by atoms with Crippen LogP contribution in [0.4, 0.5) is 23.2 Å². The van der Waals surface area contributed by atoms with Crippen LogP contribution in [0, 0.1) is 17.0 Å². The number of alkyl halides is 4. The normalized spacial score (nSPS) is 12.2. The molecule has 2 aromatic rings. The zero-order valence-electron chi connectivity index (χ0n) is 15.9. The van der Waals surface area contributed by atoms with E-state index in [4.69, 9.17) is 0 Å². The van der Waals surface area contributed by atoms with Crippen LogP contribution in [0.25, 0.3) is 0 Å². The van der Waals surface area contributed by atoms with Crippen molar-refractivity contribution in [3.8, 4) is 11.5 Å². The van der Waals surface area contributed by atoms with E-state index in [0.717, 1.165) is 30.3 Å². The second-order valence-corrected chi connectivity index (χ2v) is 7.57. The maximum atomic E-state index is 12.7. The van der Waals surface area contributed by atoms with Crippen molar-refractivity contribution < 1.29 is 40.4 Å². The van der Waals surface area contributed by atoms with E-state index >= 15 is 0 Å². The molecule has 0 saturated carbocycles. The highest BCUT2D eigenvalue weighted by molar-refractivity contribution is 7.89. The van der Waals surface area contributed by atoms with Gasteiger partial charge in [0.15, 0.2) is 0 Å². The molecular formula is C17H15F4N3O6S. The molecule has 14 heteroatoms. The summed E-state index contributed by atoms with van der Waals surface area (Å²) in [7, 11) is -4.35. The van der Waals surface area contributed by atoms with E-state index in [0.29, 0.717) is 0 Å². The fraction of sp³-hybridized carbons (Fsp3) is 0.235. The topological polar surface area (TPSA) is 120 Å². The van der Waals surface area contributed by atoms with Crippen molar-refractivity contribution in [1.82, 2.24) is 4.83 Å². The molecule has 0 bridgehead atoms. The molecule has 0 aromatic heterocycles. The Morgan fingerprint density at radius 3 is 2.32 bits per heavy atom. The van der Waals surface area contributed by atoms with Gasteiger partial charge in [-0.15, -0.1) is 0 Å². The Bertz CT molecular complexity index is 1110. The highest BCUT2D eigenvalue weighted by Gasteiger charge is 2.20. The summed E-state index contributed by atoms with van der Waals surface area (Å²) >= 11 is 0. The van der Waals surface area contributed by atoms with Crippen LogP contribution in [0.15, 0.2) is 46.4 Å². The number of aryl methyl sites for hydroxylation is 1. The first-order valence-electron chi connectivity index (χ1n) is 8.26. The third kappa shape index (κ3) is 6.28. The van der Waals surface area contributed by atoms with E-state index in [-0.39, 0.29) is 16.8 Å². The number of hydrogen-bond acceptors (Lipinski definition) is 7. The van der Waals surface area contributed by atoms with Crippen molar-refractivity contribution in [2.45, 2.75) is 32.0 Å². The van der Waals surface area contributed by atoms with Crippen molar-refractivity contribution >= 4 is 21.4 Å². The summed E-state index contributed by atoms with van der Waals surface area (Å²) in [6.45, 7) is -3.85. The average Bonchev–Trinajstić information content (AvgIpc) is 2.65. The zero-order chi connectivity index (χ0) is 23.3. The number of nitrogens with zero attached hydrogens (tertiary/aromatic N) is 2. The molecule has 0 amide bonds. The first-order chi connectivity index (χ1) is 14.4. The van der Waals surface area contributed by atoms with Crippen molar-refractivity contribution in [3.63, 3.8) is 0 Å². The zero-order valence-corrected chi connectivity index (χ0v) is 16.7. The van der Waals surface area contributed by atoms with Crippen LogP contribution in [0.1, 0.15) is 18.1 Å². The Morgan fingerprint density at radius 2 is 1.74 bits per heavy atom. The lowest BCUT2D eigenvalue weighted by Crippen LogP contribution is -2.20. The number of rotatable bonds is 9. The van der Waals surface area contributed by atoms with E-state index < -0.39 is 50.3 Å². The Labute approximate surface area is 173 Å². The van der Waals surface area contributed by atoms with Gasteiger partial charge in [-0.25, -0.2) is 0 Å². The van der Waals surface area contributed by atoms with Crippen LogP contribution in [0.2, 0.25) is 0 Å². The molecule has 0 saturated heterocycles. The predicted molar refractivity (Wildman–Crippen MR) is 100 cm³/mol. The third-order valence-electron chi connectivity index (χ3n) is 3.81. The minimum absolute atomic E-state index is 0.139. The number of hydrogen-bond donors (Lipinski definition) is 1. The van der Waals surface area contributed by atoms with Crippen LogP contribution in [-0.2, 0) is 10.0 Å². The van der Waals surface area contributed by atoms with Crippen molar-refractivity contribution in [1.29, 1.82) is 0 Å². The average molecular weight is 465 g/mol. The molecule has 168 valence electrons. The van der Waals surface area contributed by atoms with Crippen molar-refractivity contribution in [3.05, 3.63) is 57.6 Å². The molecule has 0 unspecified atom stereocenters. The van der Waals surface area contributed by atoms with E-state index in [2.05, 4.69) is 14.6 Å². The molecule has 31 heavy (non-hydrogen) atoms. The highest BCUT2D eigenvalue weighted by Crippen LogP contribution is 2.28. The minimum atomic E-state index is -4.35. The standard InChI is InChI=1S/C17H15F4N3O6S/c1-9-3-5-12(8-14(9)24(25)26)31(27,28)23-22-10(2)13-6-4-11(29-16(18)19)7-15(13)30-17(20)21/h3-8,16-17,23H,1-2H3. The monoisotopic (exact) mass is 465 g/mol. The SMILES string of the molecule is CC(=NNS(=O)(=O)c1ccc(C)c([N+](=O)[O-])c1)c1ccc(OC(F)F)cc1OC(F)F. The Hall–Kier alpha value is -3.42. The molecule has 0 fully saturated rings. The smallest absolute Gasteiger partial charge is 0.387 e. The number of halogens is 4. The van der Waals surface area contributed by atoms with Gasteiger partial charge in [-0.2, -0.15) is 35.9 Å². The van der Waals surface area contributed by atoms with Crippen molar-refractivity contribution in [2.24, 2.45) is 5.10 Å². The largest absolute Gasteiger partial charge is 0.435 e. The number of nitro benzene ring substituents is 1.